The fourth-order valence-corrected chi connectivity index (χ4v) is 9.77. The topological polar surface area (TPSA) is 114 Å². The zero-order valence-electron chi connectivity index (χ0n) is 28.5. The molecule has 10 nitrogen and oxygen atoms in total. The third-order valence-electron chi connectivity index (χ3n) is 10.3. The highest BCUT2D eigenvalue weighted by atomic mass is 32.2. The molecule has 1 N–H and O–H groups in total. The molecule has 11 heteroatoms. The van der Waals surface area contributed by atoms with Gasteiger partial charge in [-0.05, 0) is 119 Å². The van der Waals surface area contributed by atoms with Crippen LogP contribution in [-0.2, 0) is 19.6 Å². The van der Waals surface area contributed by atoms with Gasteiger partial charge in [-0.3, -0.25) is 4.79 Å². The lowest BCUT2D eigenvalue weighted by atomic mass is 9.96. The van der Waals surface area contributed by atoms with Gasteiger partial charge >= 0.3 is 6.09 Å². The van der Waals surface area contributed by atoms with Crippen molar-refractivity contribution in [3.8, 4) is 11.5 Å². The molecule has 0 spiro atoms. The van der Waals surface area contributed by atoms with E-state index in [4.69, 9.17) is 14.2 Å². The minimum atomic E-state index is -4.07. The minimum Gasteiger partial charge on any atom is -0.490 e. The van der Waals surface area contributed by atoms with Crippen LogP contribution in [0.2, 0.25) is 0 Å². The van der Waals surface area contributed by atoms with Gasteiger partial charge in [-0.2, -0.15) is 4.31 Å². The van der Waals surface area contributed by atoms with Crippen LogP contribution >= 0.6 is 0 Å². The van der Waals surface area contributed by atoms with Crippen LogP contribution in [0.1, 0.15) is 78.6 Å². The molecule has 2 unspecified atom stereocenters. The molecule has 4 aliphatic rings. The largest absolute Gasteiger partial charge is 0.490 e. The van der Waals surface area contributed by atoms with E-state index in [-0.39, 0.29) is 48.0 Å². The molecule has 4 fully saturated rings. The van der Waals surface area contributed by atoms with Crippen LogP contribution in [-0.4, -0.2) is 78.1 Å². The van der Waals surface area contributed by atoms with Crippen LogP contribution < -0.4 is 14.8 Å². The Morgan fingerprint density at radius 3 is 2.12 bits per heavy atom. The number of hydrogen-bond donors (Lipinski definition) is 1. The predicted octanol–water partition coefficient (Wildman–Crippen LogP) is 6.42. The van der Waals surface area contributed by atoms with Crippen molar-refractivity contribution < 1.29 is 32.2 Å². The highest BCUT2D eigenvalue weighted by Gasteiger charge is 2.51. The number of carbonyl (C=O) groups excluding carboxylic acids is 2. The Labute approximate surface area is 289 Å². The van der Waals surface area contributed by atoms with Crippen molar-refractivity contribution >= 4 is 32.8 Å². The normalized spacial score (nSPS) is 26.2. The lowest BCUT2D eigenvalue weighted by molar-refractivity contribution is -0.139. The molecule has 0 radical (unpaired) electrons. The van der Waals surface area contributed by atoms with Gasteiger partial charge in [-0.1, -0.05) is 30.3 Å². The molecular weight excluding hydrogens is 642 g/mol. The summed E-state index contributed by atoms with van der Waals surface area (Å²) in [6.45, 7) is 5.54. The average Bonchev–Trinajstić information content (AvgIpc) is 3.79. The van der Waals surface area contributed by atoms with Gasteiger partial charge in [0, 0.05) is 24.5 Å². The maximum atomic E-state index is 14.5. The van der Waals surface area contributed by atoms with E-state index < -0.39 is 33.9 Å². The zero-order valence-corrected chi connectivity index (χ0v) is 29.4. The van der Waals surface area contributed by atoms with Crippen LogP contribution in [0.5, 0.6) is 11.5 Å². The maximum absolute atomic E-state index is 14.5. The number of alkyl carbamates (subject to hydrolysis) is 1. The summed E-state index contributed by atoms with van der Waals surface area (Å²) in [6.07, 6.45) is 6.82. The van der Waals surface area contributed by atoms with Crippen LogP contribution in [0.15, 0.2) is 71.6 Å². The number of para-hydroxylation sites is 1. The van der Waals surface area contributed by atoms with E-state index in [0.717, 1.165) is 42.2 Å². The highest BCUT2D eigenvalue weighted by molar-refractivity contribution is 7.89. The Balaban J connectivity index is 1.12. The summed E-state index contributed by atoms with van der Waals surface area (Å²) >= 11 is 0. The second-order valence-corrected chi connectivity index (χ2v) is 16.9. The van der Waals surface area contributed by atoms with Gasteiger partial charge in [0.05, 0.1) is 17.5 Å². The lowest BCUT2D eigenvalue weighted by Crippen LogP contribution is -2.57. The van der Waals surface area contributed by atoms with Gasteiger partial charge in [0.15, 0.2) is 0 Å². The van der Waals surface area contributed by atoms with Crippen molar-refractivity contribution in [2.45, 2.75) is 125 Å². The minimum absolute atomic E-state index is 0.0613. The van der Waals surface area contributed by atoms with Crippen molar-refractivity contribution in [1.82, 2.24) is 14.5 Å². The van der Waals surface area contributed by atoms with Crippen LogP contribution in [0, 0.1) is 0 Å². The number of nitrogens with zero attached hydrogens (tertiary/aromatic N) is 2. The van der Waals surface area contributed by atoms with Gasteiger partial charge in [0.25, 0.3) is 0 Å². The first-order chi connectivity index (χ1) is 23.4. The molecule has 4 atom stereocenters. The molecule has 3 saturated heterocycles. The van der Waals surface area contributed by atoms with Crippen molar-refractivity contribution in [1.29, 1.82) is 0 Å². The summed E-state index contributed by atoms with van der Waals surface area (Å²) in [5, 5.41) is 4.68. The fraction of sp³-hybridized carbons (Fsp3) is 0.526. The number of amides is 2. The number of nitrogens with one attached hydrogen (secondary N) is 1. The number of fused-ring (bicyclic) bond motifs is 3. The highest BCUT2D eigenvalue weighted by Crippen LogP contribution is 2.39. The first-order valence-corrected chi connectivity index (χ1v) is 19.1. The molecule has 2 bridgehead atoms. The lowest BCUT2D eigenvalue weighted by Gasteiger charge is -2.41. The molecule has 1 saturated carbocycles. The van der Waals surface area contributed by atoms with E-state index in [1.165, 1.54) is 17.1 Å². The molecule has 2 amide bonds. The van der Waals surface area contributed by atoms with Gasteiger partial charge in [-0.25, -0.2) is 13.2 Å². The molecule has 0 aromatic heterocycles. The molecule has 49 heavy (non-hydrogen) atoms. The first-order valence-electron chi connectivity index (χ1n) is 17.7. The van der Waals surface area contributed by atoms with E-state index in [1.807, 2.05) is 80.3 Å². The summed E-state index contributed by atoms with van der Waals surface area (Å²) < 4.78 is 48.2. The van der Waals surface area contributed by atoms with Gasteiger partial charge in [0.2, 0.25) is 15.9 Å². The van der Waals surface area contributed by atoms with E-state index in [0.29, 0.717) is 18.6 Å². The van der Waals surface area contributed by atoms with E-state index in [9.17, 15) is 18.0 Å². The number of benzene rings is 3. The zero-order chi connectivity index (χ0) is 34.3. The van der Waals surface area contributed by atoms with Gasteiger partial charge in [-0.15, -0.1) is 0 Å². The van der Waals surface area contributed by atoms with Crippen LogP contribution in [0.4, 0.5) is 4.79 Å². The summed E-state index contributed by atoms with van der Waals surface area (Å²) in [5.41, 5.74) is -0.604. The smallest absolute Gasteiger partial charge is 0.407 e. The summed E-state index contributed by atoms with van der Waals surface area (Å²) in [6, 6.07) is 19.0. The second kappa shape index (κ2) is 13.5. The molecule has 3 heterocycles. The maximum Gasteiger partial charge on any atom is 0.407 e. The quantitative estimate of drug-likeness (QED) is 0.291. The Bertz CT molecular complexity index is 1770. The third-order valence-corrected chi connectivity index (χ3v) is 12.1. The van der Waals surface area contributed by atoms with E-state index in [1.54, 1.807) is 12.1 Å². The fourth-order valence-electron chi connectivity index (χ4n) is 8.11. The summed E-state index contributed by atoms with van der Waals surface area (Å²) in [4.78, 5) is 29.1. The van der Waals surface area contributed by atoms with E-state index >= 15 is 0 Å². The average molecular weight is 690 g/mol. The Morgan fingerprint density at radius 2 is 1.43 bits per heavy atom. The third kappa shape index (κ3) is 7.38. The monoisotopic (exact) mass is 689 g/mol. The number of hydrogen-bond acceptors (Lipinski definition) is 7. The first kappa shape index (κ1) is 33.7. The number of carbonyl (C=O) groups is 2. The molecular formula is C38H47N3O7S. The molecule has 1 aliphatic carbocycles. The van der Waals surface area contributed by atoms with Crippen LogP contribution in [0.3, 0.4) is 0 Å². The SMILES string of the molecule is CC(C)(C)OC(=O)NC1CC2CCC(C1)N2C(=O)[C@@H]1C[C@H](Oc2ccccc2)CN1S(=O)(=O)c1ccc2cc(OC3CCCC3)ccc2c1. The molecule has 262 valence electrons. The number of rotatable bonds is 8. The van der Waals surface area contributed by atoms with Gasteiger partial charge in [0.1, 0.15) is 29.2 Å². The van der Waals surface area contributed by atoms with Crippen molar-refractivity contribution in [2.75, 3.05) is 6.54 Å². The standard InChI is InChI=1S/C38H47N3O7S/c1-38(2,3)48-37(43)39-27-21-28-15-16-29(22-27)41(28)36(42)35-23-33(47-31-9-5-4-6-10-31)24-40(35)49(44,45)34-18-14-25-19-32(17-13-26(25)20-34)46-30-11-7-8-12-30/h4-6,9-10,13-14,17-20,27-30,33,35H,7-8,11-12,15-16,21-24H2,1-3H3,(H,39,43)/t27?,28?,29?,33-,35-/m0/s1. The predicted molar refractivity (Wildman–Crippen MR) is 186 cm³/mol. The van der Waals surface area contributed by atoms with Gasteiger partial charge < -0.3 is 24.4 Å². The Kier molecular flexibility index (Phi) is 9.25. The van der Waals surface area contributed by atoms with E-state index in [2.05, 4.69) is 5.32 Å². The number of ether oxygens (including phenoxy) is 3. The molecule has 3 aliphatic heterocycles. The number of piperidine rings is 1. The number of sulfonamides is 1. The van der Waals surface area contributed by atoms with Crippen molar-refractivity contribution in [3.05, 3.63) is 66.7 Å². The molecule has 3 aromatic rings. The van der Waals surface area contributed by atoms with Crippen LogP contribution in [0.25, 0.3) is 10.8 Å². The second-order valence-electron chi connectivity index (χ2n) is 15.0. The van der Waals surface area contributed by atoms with Crippen molar-refractivity contribution in [2.24, 2.45) is 0 Å². The summed E-state index contributed by atoms with van der Waals surface area (Å²) in [5.74, 6) is 1.23. The summed E-state index contributed by atoms with van der Waals surface area (Å²) in [7, 11) is -4.07. The molecule has 3 aromatic carbocycles. The Morgan fingerprint density at radius 1 is 0.776 bits per heavy atom. The Hall–Kier alpha value is -3.83. The van der Waals surface area contributed by atoms with Crippen molar-refractivity contribution in [3.63, 3.8) is 0 Å². The molecule has 7 rings (SSSR count).